The van der Waals surface area contributed by atoms with Gasteiger partial charge in [-0.15, -0.1) is 0 Å². The molecule has 2 N–H and O–H groups in total. The molecule has 0 aromatic heterocycles. The second-order valence-electron chi connectivity index (χ2n) is 4.30. The topological polar surface area (TPSA) is 32.3 Å². The van der Waals surface area contributed by atoms with E-state index in [0.717, 1.165) is 6.42 Å². The molecule has 2 nitrogen and oxygen atoms in total. The highest BCUT2D eigenvalue weighted by molar-refractivity contribution is 4.82. The van der Waals surface area contributed by atoms with Gasteiger partial charge in [0.25, 0.3) is 0 Å². The van der Waals surface area contributed by atoms with Crippen LogP contribution in [0.1, 0.15) is 33.1 Å². The molecule has 2 unspecified atom stereocenters. The van der Waals surface area contributed by atoms with E-state index in [2.05, 4.69) is 5.32 Å². The standard InChI is InChI=1S/C9H18FNO/c1-9(2,12)6-11-8-4-3-7(10)5-8/h7-8,11-12H,3-6H2,1-2H3. The van der Waals surface area contributed by atoms with Gasteiger partial charge in [0.2, 0.25) is 0 Å². The summed E-state index contributed by atoms with van der Waals surface area (Å²) in [5.41, 5.74) is -0.686. The van der Waals surface area contributed by atoms with Crippen molar-refractivity contribution in [3.63, 3.8) is 0 Å². The quantitative estimate of drug-likeness (QED) is 0.676. The van der Waals surface area contributed by atoms with Gasteiger partial charge in [0.15, 0.2) is 0 Å². The highest BCUT2D eigenvalue weighted by atomic mass is 19.1. The monoisotopic (exact) mass is 175 g/mol. The zero-order valence-electron chi connectivity index (χ0n) is 7.81. The minimum absolute atomic E-state index is 0.270. The van der Waals surface area contributed by atoms with Crippen molar-refractivity contribution < 1.29 is 9.50 Å². The SMILES string of the molecule is CC(C)(O)CNC1CCC(F)C1. The first-order valence-corrected chi connectivity index (χ1v) is 4.57. The Labute approximate surface area is 73.2 Å². The minimum atomic E-state index is -0.686. The van der Waals surface area contributed by atoms with E-state index in [1.807, 2.05) is 0 Å². The van der Waals surface area contributed by atoms with Crippen LogP contribution in [0.15, 0.2) is 0 Å². The van der Waals surface area contributed by atoms with Crippen molar-refractivity contribution in [2.45, 2.75) is 50.9 Å². The number of nitrogens with one attached hydrogen (secondary N) is 1. The molecule has 0 spiro atoms. The molecule has 12 heavy (non-hydrogen) atoms. The van der Waals surface area contributed by atoms with Crippen LogP contribution in [0, 0.1) is 0 Å². The van der Waals surface area contributed by atoms with Crippen LogP contribution in [0.2, 0.25) is 0 Å². The Morgan fingerprint density at radius 1 is 1.50 bits per heavy atom. The number of hydrogen-bond donors (Lipinski definition) is 2. The van der Waals surface area contributed by atoms with E-state index >= 15 is 0 Å². The summed E-state index contributed by atoms with van der Waals surface area (Å²) in [7, 11) is 0. The van der Waals surface area contributed by atoms with Crippen molar-refractivity contribution in [2.24, 2.45) is 0 Å². The molecule has 0 aromatic rings. The first-order valence-electron chi connectivity index (χ1n) is 4.57. The number of rotatable bonds is 3. The Kier molecular flexibility index (Phi) is 3.07. The summed E-state index contributed by atoms with van der Waals surface area (Å²) in [6.07, 6.45) is 1.54. The van der Waals surface area contributed by atoms with Crippen LogP contribution in [0.4, 0.5) is 4.39 Å². The number of aliphatic hydroxyl groups is 1. The van der Waals surface area contributed by atoms with Crippen molar-refractivity contribution in [2.75, 3.05) is 6.54 Å². The van der Waals surface area contributed by atoms with E-state index in [-0.39, 0.29) is 6.04 Å². The van der Waals surface area contributed by atoms with Crippen LogP contribution in [0.3, 0.4) is 0 Å². The maximum absolute atomic E-state index is 12.7. The first-order chi connectivity index (χ1) is 5.47. The summed E-state index contributed by atoms with van der Waals surface area (Å²) in [4.78, 5) is 0. The van der Waals surface area contributed by atoms with Gasteiger partial charge >= 0.3 is 0 Å². The summed E-state index contributed by atoms with van der Waals surface area (Å²) in [5.74, 6) is 0. The van der Waals surface area contributed by atoms with Crippen LogP contribution < -0.4 is 5.32 Å². The fraction of sp³-hybridized carbons (Fsp3) is 1.00. The lowest BCUT2D eigenvalue weighted by atomic mass is 10.1. The molecule has 1 aliphatic carbocycles. The van der Waals surface area contributed by atoms with Crippen LogP contribution in [0.25, 0.3) is 0 Å². The van der Waals surface area contributed by atoms with Crippen molar-refractivity contribution in [3.05, 3.63) is 0 Å². The predicted octanol–water partition coefficient (Wildman–Crippen LogP) is 1.24. The fourth-order valence-electron chi connectivity index (χ4n) is 1.51. The summed E-state index contributed by atoms with van der Waals surface area (Å²) < 4.78 is 12.7. The van der Waals surface area contributed by atoms with E-state index in [4.69, 9.17) is 0 Å². The summed E-state index contributed by atoms with van der Waals surface area (Å²) in [6.45, 7) is 4.05. The van der Waals surface area contributed by atoms with Crippen molar-refractivity contribution in [3.8, 4) is 0 Å². The van der Waals surface area contributed by atoms with Crippen LogP contribution in [0.5, 0.6) is 0 Å². The van der Waals surface area contributed by atoms with Gasteiger partial charge in [-0.2, -0.15) is 0 Å². The van der Waals surface area contributed by atoms with E-state index in [1.165, 1.54) is 0 Å². The van der Waals surface area contributed by atoms with Crippen molar-refractivity contribution in [1.29, 1.82) is 0 Å². The van der Waals surface area contributed by atoms with Gasteiger partial charge in [0.05, 0.1) is 5.60 Å². The zero-order valence-corrected chi connectivity index (χ0v) is 7.81. The molecule has 0 heterocycles. The Bertz CT molecular complexity index is 144. The van der Waals surface area contributed by atoms with Gasteiger partial charge in [-0.3, -0.25) is 0 Å². The van der Waals surface area contributed by atoms with Crippen molar-refractivity contribution in [1.82, 2.24) is 5.32 Å². The molecule has 1 rings (SSSR count). The molecule has 1 fully saturated rings. The minimum Gasteiger partial charge on any atom is -0.389 e. The van der Waals surface area contributed by atoms with Gasteiger partial charge in [0.1, 0.15) is 6.17 Å². The molecule has 1 aliphatic rings. The molecular weight excluding hydrogens is 157 g/mol. The zero-order chi connectivity index (χ0) is 9.19. The third-order valence-electron chi connectivity index (χ3n) is 2.19. The largest absolute Gasteiger partial charge is 0.389 e. The summed E-state index contributed by atoms with van der Waals surface area (Å²) in [6, 6.07) is 0.270. The molecule has 0 amide bonds. The van der Waals surface area contributed by atoms with E-state index in [0.29, 0.717) is 19.4 Å². The lowest BCUT2D eigenvalue weighted by Crippen LogP contribution is -2.39. The van der Waals surface area contributed by atoms with Gasteiger partial charge in [0, 0.05) is 12.6 Å². The van der Waals surface area contributed by atoms with Gasteiger partial charge < -0.3 is 10.4 Å². The highest BCUT2D eigenvalue weighted by Crippen LogP contribution is 2.21. The molecular formula is C9H18FNO. The van der Waals surface area contributed by atoms with Gasteiger partial charge in [-0.1, -0.05) is 0 Å². The molecule has 1 saturated carbocycles. The number of alkyl halides is 1. The molecule has 0 aliphatic heterocycles. The Balaban J connectivity index is 2.16. The second kappa shape index (κ2) is 3.71. The van der Waals surface area contributed by atoms with Crippen LogP contribution >= 0.6 is 0 Å². The highest BCUT2D eigenvalue weighted by Gasteiger charge is 2.25. The summed E-state index contributed by atoms with van der Waals surface area (Å²) in [5, 5.41) is 12.5. The lowest BCUT2D eigenvalue weighted by Gasteiger charge is -2.20. The first kappa shape index (κ1) is 9.93. The second-order valence-corrected chi connectivity index (χ2v) is 4.30. The third kappa shape index (κ3) is 3.50. The smallest absolute Gasteiger partial charge is 0.102 e. The van der Waals surface area contributed by atoms with Crippen LogP contribution in [-0.2, 0) is 0 Å². The molecule has 0 saturated heterocycles. The molecule has 3 heteroatoms. The lowest BCUT2D eigenvalue weighted by molar-refractivity contribution is 0.0763. The average molecular weight is 175 g/mol. The van der Waals surface area contributed by atoms with E-state index < -0.39 is 11.8 Å². The number of hydrogen-bond acceptors (Lipinski definition) is 2. The molecule has 0 radical (unpaired) electrons. The fourth-order valence-corrected chi connectivity index (χ4v) is 1.51. The average Bonchev–Trinajstić information content (AvgIpc) is 2.30. The van der Waals surface area contributed by atoms with Gasteiger partial charge in [-0.25, -0.2) is 4.39 Å². The van der Waals surface area contributed by atoms with Crippen LogP contribution in [-0.4, -0.2) is 29.5 Å². The maximum atomic E-state index is 12.7. The van der Waals surface area contributed by atoms with E-state index in [9.17, 15) is 9.50 Å². The summed E-state index contributed by atoms with van der Waals surface area (Å²) >= 11 is 0. The molecule has 0 bridgehead atoms. The predicted molar refractivity (Wildman–Crippen MR) is 46.8 cm³/mol. The van der Waals surface area contributed by atoms with Crippen molar-refractivity contribution >= 4 is 0 Å². The normalized spacial score (nSPS) is 31.0. The van der Waals surface area contributed by atoms with Gasteiger partial charge in [-0.05, 0) is 33.1 Å². The molecule has 0 aromatic carbocycles. The molecule has 72 valence electrons. The Morgan fingerprint density at radius 2 is 2.17 bits per heavy atom. The van der Waals surface area contributed by atoms with E-state index in [1.54, 1.807) is 13.8 Å². The maximum Gasteiger partial charge on any atom is 0.102 e. The Morgan fingerprint density at radius 3 is 2.58 bits per heavy atom. The third-order valence-corrected chi connectivity index (χ3v) is 2.19. The molecule has 2 atom stereocenters. The Hall–Kier alpha value is -0.150. The number of halogens is 1.